The number of hydrogen-bond acceptors (Lipinski definition) is 4. The zero-order chi connectivity index (χ0) is 19.6. The van der Waals surface area contributed by atoms with E-state index in [1.54, 1.807) is 0 Å². The van der Waals surface area contributed by atoms with E-state index < -0.39 is 52.2 Å². The number of rotatable bonds is 6. The molecule has 5 nitrogen and oxygen atoms in total. The SMILES string of the molecule is CN(CCO)C(c1ccc([N+](=O)[O-])cc1)c1c(F)c(F)c(F)c(F)c1F. The highest BCUT2D eigenvalue weighted by Crippen LogP contribution is 2.35. The van der Waals surface area contributed by atoms with Crippen molar-refractivity contribution in [2.75, 3.05) is 20.2 Å². The van der Waals surface area contributed by atoms with Gasteiger partial charge in [-0.05, 0) is 12.6 Å². The summed E-state index contributed by atoms with van der Waals surface area (Å²) in [6.45, 7) is -0.601. The molecule has 0 saturated carbocycles. The number of nitro benzene ring substituents is 1. The molecule has 0 bridgehead atoms. The molecule has 10 heteroatoms. The van der Waals surface area contributed by atoms with Crippen LogP contribution in [0.5, 0.6) is 0 Å². The van der Waals surface area contributed by atoms with Crippen molar-refractivity contribution in [3.05, 3.63) is 74.6 Å². The summed E-state index contributed by atoms with van der Waals surface area (Å²) in [6, 6.07) is 2.92. The summed E-state index contributed by atoms with van der Waals surface area (Å²) < 4.78 is 68.9. The Labute approximate surface area is 144 Å². The van der Waals surface area contributed by atoms with Gasteiger partial charge in [-0.1, -0.05) is 12.1 Å². The Bertz CT molecular complexity index is 801. The van der Waals surface area contributed by atoms with E-state index in [9.17, 15) is 32.1 Å². The molecule has 140 valence electrons. The maximum absolute atomic E-state index is 14.2. The minimum atomic E-state index is -2.28. The number of aliphatic hydroxyl groups is 1. The van der Waals surface area contributed by atoms with Crippen molar-refractivity contribution in [1.82, 2.24) is 4.90 Å². The van der Waals surface area contributed by atoms with E-state index >= 15 is 0 Å². The number of nitrogens with zero attached hydrogens (tertiary/aromatic N) is 2. The predicted octanol–water partition coefficient (Wildman–Crippen LogP) is 3.30. The summed E-state index contributed by atoms with van der Waals surface area (Å²) >= 11 is 0. The zero-order valence-corrected chi connectivity index (χ0v) is 13.3. The average Bonchev–Trinajstić information content (AvgIpc) is 2.62. The Kier molecular flexibility index (Phi) is 5.88. The van der Waals surface area contributed by atoms with Crippen LogP contribution in [0.3, 0.4) is 0 Å². The molecule has 0 aliphatic heterocycles. The maximum atomic E-state index is 14.2. The topological polar surface area (TPSA) is 66.6 Å². The van der Waals surface area contributed by atoms with E-state index in [0.717, 1.165) is 24.3 Å². The molecule has 1 N–H and O–H groups in total. The van der Waals surface area contributed by atoms with Gasteiger partial charge in [0.15, 0.2) is 23.3 Å². The van der Waals surface area contributed by atoms with Crippen LogP contribution in [-0.2, 0) is 0 Å². The first-order valence-corrected chi connectivity index (χ1v) is 7.27. The standard InChI is InChI=1S/C16H13F5N2O3/c1-22(6-7-24)16(8-2-4-9(5-3-8)23(25)26)10-11(17)13(19)15(21)14(20)12(10)18/h2-5,16,24H,6-7H2,1H3. The van der Waals surface area contributed by atoms with Gasteiger partial charge in [0.05, 0.1) is 23.1 Å². The van der Waals surface area contributed by atoms with Gasteiger partial charge in [0.25, 0.3) is 5.69 Å². The van der Waals surface area contributed by atoms with E-state index in [1.807, 2.05) is 0 Å². The number of hydrogen-bond donors (Lipinski definition) is 1. The molecule has 2 aromatic rings. The second kappa shape index (κ2) is 7.75. The lowest BCUT2D eigenvalue weighted by atomic mass is 9.95. The van der Waals surface area contributed by atoms with E-state index in [1.165, 1.54) is 11.9 Å². The lowest BCUT2D eigenvalue weighted by molar-refractivity contribution is -0.384. The molecule has 0 spiro atoms. The van der Waals surface area contributed by atoms with Gasteiger partial charge in [-0.25, -0.2) is 22.0 Å². The van der Waals surface area contributed by atoms with Crippen molar-refractivity contribution < 1.29 is 32.0 Å². The molecule has 2 rings (SSSR count). The Morgan fingerprint density at radius 1 is 1.00 bits per heavy atom. The van der Waals surface area contributed by atoms with Crippen LogP contribution >= 0.6 is 0 Å². The molecule has 0 fully saturated rings. The predicted molar refractivity (Wildman–Crippen MR) is 80.9 cm³/mol. The minimum absolute atomic E-state index is 0.0507. The third kappa shape index (κ3) is 3.51. The van der Waals surface area contributed by atoms with E-state index in [0.29, 0.717) is 0 Å². The summed E-state index contributed by atoms with van der Waals surface area (Å²) in [7, 11) is 1.31. The summed E-state index contributed by atoms with van der Waals surface area (Å²) in [6.07, 6.45) is 0. The molecule has 1 unspecified atom stereocenters. The zero-order valence-electron chi connectivity index (χ0n) is 13.3. The smallest absolute Gasteiger partial charge is 0.269 e. The van der Waals surface area contributed by atoms with Gasteiger partial charge in [-0.15, -0.1) is 0 Å². The fourth-order valence-corrected chi connectivity index (χ4v) is 2.57. The summed E-state index contributed by atoms with van der Waals surface area (Å²) in [5, 5.41) is 19.8. The van der Waals surface area contributed by atoms with Crippen molar-refractivity contribution in [1.29, 1.82) is 0 Å². The van der Waals surface area contributed by atoms with E-state index in [4.69, 9.17) is 5.11 Å². The van der Waals surface area contributed by atoms with E-state index in [2.05, 4.69) is 0 Å². The van der Waals surface area contributed by atoms with Crippen molar-refractivity contribution in [3.8, 4) is 0 Å². The Hall–Kier alpha value is -2.59. The first-order chi connectivity index (χ1) is 12.2. The molecule has 0 aliphatic carbocycles. The first kappa shape index (κ1) is 19.7. The van der Waals surface area contributed by atoms with Crippen LogP contribution in [0, 0.1) is 39.2 Å². The van der Waals surface area contributed by atoms with Crippen LogP contribution in [0.2, 0.25) is 0 Å². The summed E-state index contributed by atoms with van der Waals surface area (Å²) in [4.78, 5) is 11.2. The molecule has 0 amide bonds. The monoisotopic (exact) mass is 376 g/mol. The molecule has 1 atom stereocenters. The molecule has 0 saturated heterocycles. The largest absolute Gasteiger partial charge is 0.395 e. The Balaban J connectivity index is 2.69. The molecular weight excluding hydrogens is 363 g/mol. The summed E-state index contributed by atoms with van der Waals surface area (Å²) in [5.74, 6) is -10.5. The summed E-state index contributed by atoms with van der Waals surface area (Å²) in [5.41, 5.74) is -1.37. The molecular formula is C16H13F5N2O3. The van der Waals surface area contributed by atoms with Gasteiger partial charge < -0.3 is 5.11 Å². The first-order valence-electron chi connectivity index (χ1n) is 7.27. The fraction of sp³-hybridized carbons (Fsp3) is 0.250. The molecule has 0 radical (unpaired) electrons. The van der Waals surface area contributed by atoms with Crippen molar-refractivity contribution in [2.45, 2.75) is 6.04 Å². The molecule has 26 heavy (non-hydrogen) atoms. The van der Waals surface area contributed by atoms with Crippen LogP contribution in [0.15, 0.2) is 24.3 Å². The number of benzene rings is 2. The van der Waals surface area contributed by atoms with Gasteiger partial charge in [-0.2, -0.15) is 0 Å². The number of non-ortho nitro benzene ring substituents is 1. The van der Waals surface area contributed by atoms with Crippen LogP contribution in [0.1, 0.15) is 17.2 Å². The van der Waals surface area contributed by atoms with Crippen molar-refractivity contribution in [3.63, 3.8) is 0 Å². The average molecular weight is 376 g/mol. The fourth-order valence-electron chi connectivity index (χ4n) is 2.57. The number of likely N-dealkylation sites (N-methyl/N-ethyl adjacent to an activating group) is 1. The van der Waals surface area contributed by atoms with Crippen molar-refractivity contribution in [2.24, 2.45) is 0 Å². The molecule has 0 aromatic heterocycles. The lowest BCUT2D eigenvalue weighted by Gasteiger charge is -2.29. The quantitative estimate of drug-likeness (QED) is 0.276. The van der Waals surface area contributed by atoms with Gasteiger partial charge in [0.1, 0.15) is 0 Å². The van der Waals surface area contributed by atoms with Crippen LogP contribution in [0.25, 0.3) is 0 Å². The highest BCUT2D eigenvalue weighted by Gasteiger charge is 2.33. The highest BCUT2D eigenvalue weighted by molar-refractivity contribution is 5.40. The molecule has 0 aliphatic rings. The van der Waals surface area contributed by atoms with Gasteiger partial charge >= 0.3 is 0 Å². The Morgan fingerprint density at radius 2 is 1.46 bits per heavy atom. The maximum Gasteiger partial charge on any atom is 0.269 e. The number of aliphatic hydroxyl groups excluding tert-OH is 1. The number of halogens is 5. The van der Waals surface area contributed by atoms with Gasteiger partial charge in [0, 0.05) is 18.7 Å². The Morgan fingerprint density at radius 3 is 1.88 bits per heavy atom. The third-order valence-electron chi connectivity index (χ3n) is 3.83. The van der Waals surface area contributed by atoms with E-state index in [-0.39, 0.29) is 17.8 Å². The normalized spacial score (nSPS) is 12.5. The lowest BCUT2D eigenvalue weighted by Crippen LogP contribution is -2.30. The number of nitro groups is 1. The van der Waals surface area contributed by atoms with Crippen LogP contribution in [0.4, 0.5) is 27.6 Å². The molecule has 0 heterocycles. The molecule has 2 aromatic carbocycles. The second-order valence-electron chi connectivity index (χ2n) is 5.44. The van der Waals surface area contributed by atoms with Gasteiger partial charge in [0.2, 0.25) is 5.82 Å². The minimum Gasteiger partial charge on any atom is -0.395 e. The van der Waals surface area contributed by atoms with Gasteiger partial charge in [-0.3, -0.25) is 15.0 Å². The highest BCUT2D eigenvalue weighted by atomic mass is 19.2. The third-order valence-corrected chi connectivity index (χ3v) is 3.83. The second-order valence-corrected chi connectivity index (χ2v) is 5.44. The van der Waals surface area contributed by atoms with Crippen molar-refractivity contribution >= 4 is 5.69 Å². The van der Waals surface area contributed by atoms with Crippen LogP contribution in [-0.4, -0.2) is 35.1 Å². The van der Waals surface area contributed by atoms with Crippen LogP contribution < -0.4 is 0 Å².